The first-order valence-electron chi connectivity index (χ1n) is 12.6. The summed E-state index contributed by atoms with van der Waals surface area (Å²) in [5, 5.41) is 0. The summed E-state index contributed by atoms with van der Waals surface area (Å²) in [4.78, 5) is 28.8. The lowest BCUT2D eigenvalue weighted by Crippen LogP contribution is -2.39. The Morgan fingerprint density at radius 1 is 0.927 bits per heavy atom. The molecule has 1 saturated heterocycles. The Bertz CT molecular complexity index is 1490. The quantitative estimate of drug-likeness (QED) is 0.352. The molecule has 5 nitrogen and oxygen atoms in total. The zero-order chi connectivity index (χ0) is 29.7. The van der Waals surface area contributed by atoms with Crippen molar-refractivity contribution in [1.29, 1.82) is 0 Å². The number of hydrogen-bond donors (Lipinski definition) is 1. The van der Waals surface area contributed by atoms with Gasteiger partial charge in [0.25, 0.3) is 0 Å². The Labute approximate surface area is 229 Å². The summed E-state index contributed by atoms with van der Waals surface area (Å²) < 4.78 is 101. The van der Waals surface area contributed by atoms with Crippen LogP contribution in [-0.4, -0.2) is 34.5 Å². The van der Waals surface area contributed by atoms with Crippen LogP contribution in [-0.2, 0) is 21.9 Å². The van der Waals surface area contributed by atoms with Gasteiger partial charge in [-0.1, -0.05) is 12.1 Å². The molecule has 41 heavy (non-hydrogen) atoms. The summed E-state index contributed by atoms with van der Waals surface area (Å²) >= 11 is 0. The number of aromatic amines is 1. The number of aromatic nitrogens is 1. The maximum absolute atomic E-state index is 13.8. The van der Waals surface area contributed by atoms with E-state index in [1.165, 1.54) is 54.4 Å². The summed E-state index contributed by atoms with van der Waals surface area (Å²) in [7, 11) is 0. The molecular formula is C29H23F7N2O3. The molecule has 0 radical (unpaired) electrons. The molecule has 2 unspecified atom stereocenters. The van der Waals surface area contributed by atoms with Crippen molar-refractivity contribution in [2.45, 2.75) is 49.9 Å². The Hall–Kier alpha value is -3.93. The predicted octanol–water partition coefficient (Wildman–Crippen LogP) is 6.48. The van der Waals surface area contributed by atoms with E-state index in [1.807, 2.05) is 0 Å². The Balaban J connectivity index is 1.50. The number of H-pyrrole nitrogens is 1. The van der Waals surface area contributed by atoms with Crippen molar-refractivity contribution in [2.24, 2.45) is 0 Å². The van der Waals surface area contributed by atoms with Crippen molar-refractivity contribution >= 4 is 11.5 Å². The van der Waals surface area contributed by atoms with Crippen LogP contribution in [0.15, 0.2) is 71.7 Å². The molecule has 216 valence electrons. The Kier molecular flexibility index (Phi) is 7.31. The molecule has 3 heterocycles. The zero-order valence-electron chi connectivity index (χ0n) is 21.4. The van der Waals surface area contributed by atoms with Crippen molar-refractivity contribution in [3.05, 3.63) is 111 Å². The van der Waals surface area contributed by atoms with E-state index in [2.05, 4.69) is 4.98 Å². The minimum absolute atomic E-state index is 0.0103. The molecule has 12 heteroatoms. The van der Waals surface area contributed by atoms with E-state index in [-0.39, 0.29) is 29.6 Å². The monoisotopic (exact) mass is 580 g/mol. The lowest BCUT2D eigenvalue weighted by Gasteiger charge is -2.32. The van der Waals surface area contributed by atoms with Crippen molar-refractivity contribution in [3.63, 3.8) is 0 Å². The van der Waals surface area contributed by atoms with Crippen LogP contribution in [0.2, 0.25) is 0 Å². The van der Waals surface area contributed by atoms with Crippen LogP contribution in [0.25, 0.3) is 5.57 Å². The van der Waals surface area contributed by atoms with Crippen LogP contribution in [0.4, 0.5) is 30.7 Å². The van der Waals surface area contributed by atoms with Gasteiger partial charge in [-0.3, -0.25) is 9.59 Å². The number of carbonyl (C=O) groups excluding carboxylic acids is 1. The zero-order valence-corrected chi connectivity index (χ0v) is 21.4. The molecule has 4 atom stereocenters. The van der Waals surface area contributed by atoms with Crippen LogP contribution in [0.5, 0.6) is 0 Å². The number of nitrogens with one attached hydrogen (secondary N) is 1. The molecule has 0 saturated carbocycles. The molecule has 1 fully saturated rings. The van der Waals surface area contributed by atoms with Crippen LogP contribution in [0, 0.1) is 5.82 Å². The van der Waals surface area contributed by atoms with E-state index in [1.54, 1.807) is 6.07 Å². The van der Waals surface area contributed by atoms with Crippen LogP contribution in [0.3, 0.4) is 0 Å². The van der Waals surface area contributed by atoms with Gasteiger partial charge >= 0.3 is 12.4 Å². The van der Waals surface area contributed by atoms with Crippen molar-refractivity contribution in [2.75, 3.05) is 6.54 Å². The third kappa shape index (κ3) is 5.92. The number of hydrogen-bond acceptors (Lipinski definition) is 3. The SMILES string of the molecule is C[C@@H](O[C@H]1CN2C(=O)C=C(c3ccc(=O)[nH]c3)CC2C1c1ccc(F)cc1)c1cc(C(F)(F)F)cc(C(F)(F)F)c1. The normalized spacial score (nSPS) is 22.0. The molecule has 2 aliphatic heterocycles. The van der Waals surface area contributed by atoms with Gasteiger partial charge in [0, 0.05) is 36.8 Å². The fourth-order valence-corrected chi connectivity index (χ4v) is 5.51. The largest absolute Gasteiger partial charge is 0.416 e. The van der Waals surface area contributed by atoms with E-state index in [0.717, 1.165) is 0 Å². The molecule has 3 aromatic rings. The van der Waals surface area contributed by atoms with Crippen molar-refractivity contribution < 1.29 is 40.3 Å². The predicted molar refractivity (Wildman–Crippen MR) is 134 cm³/mol. The Morgan fingerprint density at radius 3 is 2.12 bits per heavy atom. The number of ether oxygens (including phenoxy) is 1. The summed E-state index contributed by atoms with van der Waals surface area (Å²) in [5.41, 5.74) is -1.74. The maximum Gasteiger partial charge on any atom is 0.416 e. The number of benzene rings is 2. The summed E-state index contributed by atoms with van der Waals surface area (Å²) in [5.74, 6) is -1.46. The van der Waals surface area contributed by atoms with E-state index in [4.69, 9.17) is 4.74 Å². The lowest BCUT2D eigenvalue weighted by molar-refractivity contribution is -0.143. The smallest absolute Gasteiger partial charge is 0.368 e. The first-order valence-corrected chi connectivity index (χ1v) is 12.6. The van der Waals surface area contributed by atoms with Crippen LogP contribution < -0.4 is 5.56 Å². The molecule has 1 amide bonds. The summed E-state index contributed by atoms with van der Waals surface area (Å²) in [6.07, 6.45) is -8.88. The fraction of sp³-hybridized carbons (Fsp3) is 0.310. The molecule has 1 aromatic heterocycles. The first kappa shape index (κ1) is 28.6. The van der Waals surface area contributed by atoms with Gasteiger partial charge in [-0.25, -0.2) is 4.39 Å². The Morgan fingerprint density at radius 2 is 1.56 bits per heavy atom. The molecule has 0 aliphatic carbocycles. The van der Waals surface area contributed by atoms with Gasteiger partial charge in [0.15, 0.2) is 0 Å². The van der Waals surface area contributed by atoms with Gasteiger partial charge in [0.05, 0.1) is 23.3 Å². The minimum Gasteiger partial charge on any atom is -0.368 e. The second kappa shape index (κ2) is 10.5. The number of fused-ring (bicyclic) bond motifs is 1. The topological polar surface area (TPSA) is 62.4 Å². The van der Waals surface area contributed by atoms with Gasteiger partial charge in [0.2, 0.25) is 11.5 Å². The lowest BCUT2D eigenvalue weighted by atomic mass is 9.84. The molecule has 5 rings (SSSR count). The number of nitrogens with zero attached hydrogens (tertiary/aromatic N) is 1. The highest BCUT2D eigenvalue weighted by molar-refractivity contribution is 5.97. The van der Waals surface area contributed by atoms with Crippen LogP contribution in [0.1, 0.15) is 53.2 Å². The van der Waals surface area contributed by atoms with E-state index >= 15 is 0 Å². The molecule has 2 aromatic carbocycles. The molecular weight excluding hydrogens is 557 g/mol. The van der Waals surface area contributed by atoms with Crippen molar-refractivity contribution in [1.82, 2.24) is 9.88 Å². The standard InChI is InChI=1S/C29H23F7N2O3/c1-15(18-8-20(28(31,32)33)12-21(9-18)29(34,35)36)41-24-14-38-23(27(24)16-2-5-22(30)6-3-16)10-19(11-26(38)40)17-4-7-25(39)37-13-17/h2-9,11-13,15,23-24,27H,10,14H2,1H3,(H,37,39)/t15-,23?,24+,27?/m1/s1. The van der Waals surface area contributed by atoms with E-state index < -0.39 is 53.5 Å². The molecule has 0 bridgehead atoms. The van der Waals surface area contributed by atoms with Gasteiger partial charge in [0.1, 0.15) is 5.82 Å². The molecule has 2 aliphatic rings. The molecule has 0 spiro atoms. The number of carbonyl (C=O) groups is 1. The average molecular weight is 581 g/mol. The number of amides is 1. The van der Waals surface area contributed by atoms with E-state index in [0.29, 0.717) is 35.3 Å². The summed E-state index contributed by atoms with van der Waals surface area (Å²) in [6.45, 7) is 1.36. The second-order valence-corrected chi connectivity index (χ2v) is 10.1. The number of alkyl halides is 6. The fourth-order valence-electron chi connectivity index (χ4n) is 5.51. The number of rotatable bonds is 5. The summed E-state index contributed by atoms with van der Waals surface area (Å²) in [6, 6.07) is 9.15. The first-order chi connectivity index (χ1) is 19.2. The third-order valence-corrected chi connectivity index (χ3v) is 7.47. The van der Waals surface area contributed by atoms with Crippen molar-refractivity contribution in [3.8, 4) is 0 Å². The van der Waals surface area contributed by atoms with Gasteiger partial charge < -0.3 is 14.6 Å². The number of halogens is 7. The van der Waals surface area contributed by atoms with Crippen LogP contribution >= 0.6 is 0 Å². The van der Waals surface area contributed by atoms with Gasteiger partial charge in [-0.15, -0.1) is 0 Å². The van der Waals surface area contributed by atoms with Gasteiger partial charge in [-0.2, -0.15) is 26.3 Å². The maximum atomic E-state index is 13.8. The third-order valence-electron chi connectivity index (χ3n) is 7.47. The highest BCUT2D eigenvalue weighted by Gasteiger charge is 2.48. The average Bonchev–Trinajstić information content (AvgIpc) is 3.26. The highest BCUT2D eigenvalue weighted by atomic mass is 19.4. The second-order valence-electron chi connectivity index (χ2n) is 10.1. The van der Waals surface area contributed by atoms with E-state index in [9.17, 15) is 40.3 Å². The minimum atomic E-state index is -5.02. The molecule has 1 N–H and O–H groups in total. The highest BCUT2D eigenvalue weighted by Crippen LogP contribution is 2.45. The van der Waals surface area contributed by atoms with Gasteiger partial charge in [-0.05, 0) is 72.0 Å². The number of pyridine rings is 1.